The maximum absolute atomic E-state index is 13.1. The molecular formula is C7H12F2O3S. The van der Waals surface area contributed by atoms with Crippen LogP contribution in [0.4, 0.5) is 8.78 Å². The van der Waals surface area contributed by atoms with Gasteiger partial charge >= 0.3 is 0 Å². The van der Waals surface area contributed by atoms with E-state index in [1.54, 1.807) is 0 Å². The predicted octanol–water partition coefficient (Wildman–Crippen LogP) is 0.439. The van der Waals surface area contributed by atoms with Gasteiger partial charge in [-0.05, 0) is 12.8 Å². The lowest BCUT2D eigenvalue weighted by Gasteiger charge is -2.30. The zero-order valence-corrected chi connectivity index (χ0v) is 7.86. The molecule has 1 rings (SSSR count). The molecule has 0 aromatic carbocycles. The quantitative estimate of drug-likeness (QED) is 0.725. The molecule has 0 aliphatic carbocycles. The summed E-state index contributed by atoms with van der Waals surface area (Å²) in [6, 6.07) is 0. The van der Waals surface area contributed by atoms with Crippen LogP contribution < -0.4 is 0 Å². The van der Waals surface area contributed by atoms with Crippen LogP contribution in [-0.4, -0.2) is 37.6 Å². The number of aliphatic hydroxyl groups excluding tert-OH is 1. The summed E-state index contributed by atoms with van der Waals surface area (Å²) in [4.78, 5) is 0. The molecule has 78 valence electrons. The first-order valence-electron chi connectivity index (χ1n) is 4.06. The minimum Gasteiger partial charge on any atom is -0.396 e. The van der Waals surface area contributed by atoms with E-state index in [1.807, 2.05) is 0 Å². The lowest BCUT2D eigenvalue weighted by Crippen LogP contribution is -2.43. The molecule has 1 saturated heterocycles. The molecule has 0 aromatic rings. The summed E-state index contributed by atoms with van der Waals surface area (Å²) < 4.78 is 47.9. The molecule has 0 spiro atoms. The standard InChI is InChI=1S/C7H12F2O3S/c8-7(9)5-13(11,12)4-2-6(7)1-3-10/h6,10H,1-5H2. The summed E-state index contributed by atoms with van der Waals surface area (Å²) in [7, 11) is -3.57. The van der Waals surface area contributed by atoms with Crippen molar-refractivity contribution < 1.29 is 22.3 Å². The molecule has 1 atom stereocenters. The van der Waals surface area contributed by atoms with Gasteiger partial charge in [-0.3, -0.25) is 0 Å². The molecule has 1 fully saturated rings. The van der Waals surface area contributed by atoms with E-state index < -0.39 is 27.4 Å². The Bertz CT molecular complexity index is 273. The Morgan fingerprint density at radius 3 is 2.54 bits per heavy atom. The molecule has 13 heavy (non-hydrogen) atoms. The molecule has 0 saturated carbocycles. The van der Waals surface area contributed by atoms with Gasteiger partial charge < -0.3 is 5.11 Å². The van der Waals surface area contributed by atoms with Gasteiger partial charge in [-0.1, -0.05) is 0 Å². The summed E-state index contributed by atoms with van der Waals surface area (Å²) in [6.07, 6.45) is -0.0710. The summed E-state index contributed by atoms with van der Waals surface area (Å²) in [5, 5.41) is 8.50. The molecule has 1 aliphatic heterocycles. The Morgan fingerprint density at radius 1 is 1.46 bits per heavy atom. The number of halogens is 2. The monoisotopic (exact) mass is 214 g/mol. The molecular weight excluding hydrogens is 202 g/mol. The van der Waals surface area contributed by atoms with Crippen LogP contribution in [0.25, 0.3) is 0 Å². The van der Waals surface area contributed by atoms with Crippen LogP contribution in [0.3, 0.4) is 0 Å². The number of rotatable bonds is 2. The molecule has 0 amide bonds. The van der Waals surface area contributed by atoms with Crippen LogP contribution in [0, 0.1) is 5.92 Å². The van der Waals surface area contributed by atoms with Gasteiger partial charge in [0.2, 0.25) is 0 Å². The van der Waals surface area contributed by atoms with Crippen molar-refractivity contribution in [3.05, 3.63) is 0 Å². The number of aliphatic hydroxyl groups is 1. The highest BCUT2D eigenvalue weighted by atomic mass is 32.2. The van der Waals surface area contributed by atoms with Gasteiger partial charge in [0.25, 0.3) is 5.92 Å². The number of sulfone groups is 1. The van der Waals surface area contributed by atoms with E-state index in [2.05, 4.69) is 0 Å². The molecule has 0 radical (unpaired) electrons. The van der Waals surface area contributed by atoms with Crippen molar-refractivity contribution in [2.45, 2.75) is 18.8 Å². The summed E-state index contributed by atoms with van der Waals surface area (Å²) >= 11 is 0. The van der Waals surface area contributed by atoms with Crippen molar-refractivity contribution in [1.82, 2.24) is 0 Å². The number of alkyl halides is 2. The van der Waals surface area contributed by atoms with E-state index in [1.165, 1.54) is 0 Å². The molecule has 0 aromatic heterocycles. The van der Waals surface area contributed by atoms with Crippen LogP contribution in [-0.2, 0) is 9.84 Å². The number of hydrogen-bond donors (Lipinski definition) is 1. The lowest BCUT2D eigenvalue weighted by molar-refractivity contribution is -0.0493. The highest BCUT2D eigenvalue weighted by Crippen LogP contribution is 2.35. The Kier molecular flexibility index (Phi) is 2.91. The second-order valence-electron chi connectivity index (χ2n) is 3.35. The van der Waals surface area contributed by atoms with Gasteiger partial charge in [0.15, 0.2) is 9.84 Å². The predicted molar refractivity (Wildman–Crippen MR) is 43.4 cm³/mol. The highest BCUT2D eigenvalue weighted by molar-refractivity contribution is 7.91. The highest BCUT2D eigenvalue weighted by Gasteiger charge is 2.46. The minimum absolute atomic E-state index is 0.0253. The third kappa shape index (κ3) is 2.60. The van der Waals surface area contributed by atoms with E-state index in [9.17, 15) is 17.2 Å². The van der Waals surface area contributed by atoms with Crippen molar-refractivity contribution in [3.63, 3.8) is 0 Å². The van der Waals surface area contributed by atoms with Crippen molar-refractivity contribution in [2.75, 3.05) is 18.1 Å². The van der Waals surface area contributed by atoms with Crippen LogP contribution in [0.15, 0.2) is 0 Å². The Labute approximate surface area is 75.7 Å². The second-order valence-corrected chi connectivity index (χ2v) is 5.54. The van der Waals surface area contributed by atoms with Gasteiger partial charge in [0.1, 0.15) is 5.75 Å². The fraction of sp³-hybridized carbons (Fsp3) is 1.00. The fourth-order valence-electron chi connectivity index (χ4n) is 1.53. The van der Waals surface area contributed by atoms with Gasteiger partial charge in [-0.25, -0.2) is 17.2 Å². The maximum Gasteiger partial charge on any atom is 0.264 e. The summed E-state index contributed by atoms with van der Waals surface area (Å²) in [5.74, 6) is -5.40. The fourth-order valence-corrected chi connectivity index (χ4v) is 3.14. The molecule has 1 unspecified atom stereocenters. The van der Waals surface area contributed by atoms with Gasteiger partial charge in [0, 0.05) is 12.5 Å². The van der Waals surface area contributed by atoms with Crippen molar-refractivity contribution in [2.24, 2.45) is 5.92 Å². The minimum atomic E-state index is -3.57. The average molecular weight is 214 g/mol. The first kappa shape index (κ1) is 10.8. The summed E-state index contributed by atoms with van der Waals surface area (Å²) in [5.41, 5.74) is 0. The Hall–Kier alpha value is -0.230. The smallest absolute Gasteiger partial charge is 0.264 e. The Morgan fingerprint density at radius 2 is 2.08 bits per heavy atom. The van der Waals surface area contributed by atoms with E-state index in [4.69, 9.17) is 5.11 Å². The van der Waals surface area contributed by atoms with Crippen molar-refractivity contribution >= 4 is 9.84 Å². The van der Waals surface area contributed by atoms with Crippen molar-refractivity contribution in [3.8, 4) is 0 Å². The largest absolute Gasteiger partial charge is 0.396 e. The molecule has 0 bridgehead atoms. The van der Waals surface area contributed by atoms with E-state index in [0.29, 0.717) is 0 Å². The zero-order chi connectivity index (χ0) is 10.1. The second kappa shape index (κ2) is 3.49. The zero-order valence-electron chi connectivity index (χ0n) is 7.04. The normalized spacial score (nSPS) is 31.5. The first-order chi connectivity index (χ1) is 5.87. The molecule has 3 nitrogen and oxygen atoms in total. The van der Waals surface area contributed by atoms with Crippen molar-refractivity contribution in [1.29, 1.82) is 0 Å². The molecule has 1 N–H and O–H groups in total. The maximum atomic E-state index is 13.1. The third-order valence-electron chi connectivity index (χ3n) is 2.26. The third-order valence-corrected chi connectivity index (χ3v) is 3.95. The van der Waals surface area contributed by atoms with Gasteiger partial charge in [-0.15, -0.1) is 0 Å². The van der Waals surface area contributed by atoms with Crippen LogP contribution in [0.5, 0.6) is 0 Å². The van der Waals surface area contributed by atoms with E-state index in [0.717, 1.165) is 0 Å². The number of hydrogen-bond acceptors (Lipinski definition) is 3. The van der Waals surface area contributed by atoms with Crippen LogP contribution in [0.2, 0.25) is 0 Å². The van der Waals surface area contributed by atoms with E-state index >= 15 is 0 Å². The SMILES string of the molecule is O=S1(=O)CCC(CCO)C(F)(F)C1. The average Bonchev–Trinajstić information content (AvgIpc) is 1.93. The topological polar surface area (TPSA) is 54.4 Å². The van der Waals surface area contributed by atoms with Crippen LogP contribution >= 0.6 is 0 Å². The molecule has 1 aliphatic rings. The first-order valence-corrected chi connectivity index (χ1v) is 5.88. The van der Waals surface area contributed by atoms with E-state index in [-0.39, 0.29) is 25.2 Å². The summed E-state index contributed by atoms with van der Waals surface area (Å²) in [6.45, 7) is -0.319. The Balaban J connectivity index is 2.73. The van der Waals surface area contributed by atoms with Gasteiger partial charge in [0.05, 0.1) is 5.75 Å². The molecule has 6 heteroatoms. The molecule has 1 heterocycles. The van der Waals surface area contributed by atoms with Gasteiger partial charge in [-0.2, -0.15) is 0 Å². The van der Waals surface area contributed by atoms with Crippen LogP contribution in [0.1, 0.15) is 12.8 Å². The lowest BCUT2D eigenvalue weighted by atomic mass is 9.96.